The molecule has 0 bridgehead atoms. The van der Waals surface area contributed by atoms with Crippen molar-refractivity contribution in [2.24, 2.45) is 0 Å². The number of esters is 1. The zero-order valence-corrected chi connectivity index (χ0v) is 16.0. The molecule has 0 fully saturated rings. The van der Waals surface area contributed by atoms with E-state index in [4.69, 9.17) is 9.26 Å². The number of nitrogens with zero attached hydrogens (tertiary/aromatic N) is 3. The largest absolute Gasteiger partial charge is 0.448 e. The third-order valence-electron chi connectivity index (χ3n) is 4.69. The minimum Gasteiger partial charge on any atom is -0.448 e. The minimum atomic E-state index is -0.611. The summed E-state index contributed by atoms with van der Waals surface area (Å²) >= 11 is 1.56. The van der Waals surface area contributed by atoms with Crippen LogP contribution in [0.3, 0.4) is 0 Å². The van der Waals surface area contributed by atoms with Crippen LogP contribution in [0.25, 0.3) is 11.4 Å². The van der Waals surface area contributed by atoms with Crippen LogP contribution in [0.4, 0.5) is 0 Å². The molecule has 6 nitrogen and oxygen atoms in total. The lowest BCUT2D eigenvalue weighted by Gasteiger charge is -2.07. The molecule has 0 amide bonds. The summed E-state index contributed by atoms with van der Waals surface area (Å²) in [4.78, 5) is 22.9. The highest BCUT2D eigenvalue weighted by molar-refractivity contribution is 7.14. The van der Waals surface area contributed by atoms with Gasteiger partial charge in [-0.2, -0.15) is 4.98 Å². The van der Waals surface area contributed by atoms with E-state index in [1.54, 1.807) is 36.7 Å². The second kappa shape index (κ2) is 8.00. The van der Waals surface area contributed by atoms with Gasteiger partial charge in [0, 0.05) is 22.8 Å². The monoisotopic (exact) mass is 383 g/mol. The number of pyridine rings is 1. The van der Waals surface area contributed by atoms with Crippen LogP contribution in [0.15, 0.2) is 35.1 Å². The van der Waals surface area contributed by atoms with Crippen LogP contribution < -0.4 is 0 Å². The summed E-state index contributed by atoms with van der Waals surface area (Å²) in [6.07, 6.45) is 9.75. The number of rotatable bonds is 4. The van der Waals surface area contributed by atoms with E-state index in [9.17, 15) is 4.79 Å². The molecule has 3 aromatic heterocycles. The SMILES string of the molecule is C[C@@H](OC(=O)c1cc2c(s1)CCCCCC2)c1nc(-c2cccnc2)no1. The Labute approximate surface area is 161 Å². The number of fused-ring (bicyclic) bond motifs is 1. The molecule has 7 heteroatoms. The Kier molecular flexibility index (Phi) is 5.29. The lowest BCUT2D eigenvalue weighted by molar-refractivity contribution is 0.0271. The van der Waals surface area contributed by atoms with Gasteiger partial charge >= 0.3 is 5.97 Å². The number of aryl methyl sites for hydroxylation is 2. The van der Waals surface area contributed by atoms with Gasteiger partial charge in [0.05, 0.1) is 0 Å². The van der Waals surface area contributed by atoms with E-state index in [0.29, 0.717) is 10.7 Å². The summed E-state index contributed by atoms with van der Waals surface area (Å²) in [5, 5.41) is 3.95. The summed E-state index contributed by atoms with van der Waals surface area (Å²) < 4.78 is 10.8. The van der Waals surface area contributed by atoms with Crippen LogP contribution in [0, 0.1) is 0 Å². The molecule has 1 aliphatic carbocycles. The fourth-order valence-electron chi connectivity index (χ4n) is 3.23. The summed E-state index contributed by atoms with van der Waals surface area (Å²) in [6, 6.07) is 5.65. The van der Waals surface area contributed by atoms with Crippen LogP contribution in [-0.2, 0) is 17.6 Å². The van der Waals surface area contributed by atoms with Gasteiger partial charge in [-0.15, -0.1) is 11.3 Å². The Morgan fingerprint density at radius 3 is 2.93 bits per heavy atom. The van der Waals surface area contributed by atoms with Crippen molar-refractivity contribution in [3.63, 3.8) is 0 Å². The zero-order chi connectivity index (χ0) is 18.6. The predicted molar refractivity (Wildman–Crippen MR) is 102 cm³/mol. The molecular weight excluding hydrogens is 362 g/mol. The minimum absolute atomic E-state index is 0.275. The lowest BCUT2D eigenvalue weighted by Crippen LogP contribution is -2.08. The van der Waals surface area contributed by atoms with Crippen molar-refractivity contribution in [3.8, 4) is 11.4 Å². The first-order valence-corrected chi connectivity index (χ1v) is 10.1. The molecule has 140 valence electrons. The first-order valence-electron chi connectivity index (χ1n) is 9.27. The van der Waals surface area contributed by atoms with E-state index >= 15 is 0 Å². The zero-order valence-electron chi connectivity index (χ0n) is 15.2. The second-order valence-corrected chi connectivity index (χ2v) is 7.86. The molecule has 0 unspecified atom stereocenters. The molecule has 27 heavy (non-hydrogen) atoms. The molecule has 3 heterocycles. The first kappa shape index (κ1) is 17.9. The number of aromatic nitrogens is 3. The number of hydrogen-bond donors (Lipinski definition) is 0. The van der Waals surface area contributed by atoms with Crippen LogP contribution in [0.2, 0.25) is 0 Å². The summed E-state index contributed by atoms with van der Waals surface area (Å²) in [5.74, 6) is 0.373. The Hall–Kier alpha value is -2.54. The number of thiophene rings is 1. The third kappa shape index (κ3) is 4.08. The van der Waals surface area contributed by atoms with Crippen molar-refractivity contribution in [2.75, 3.05) is 0 Å². The van der Waals surface area contributed by atoms with E-state index in [1.165, 1.54) is 36.1 Å². The molecule has 1 aliphatic rings. The van der Waals surface area contributed by atoms with E-state index in [2.05, 4.69) is 15.1 Å². The van der Waals surface area contributed by atoms with Crippen LogP contribution >= 0.6 is 11.3 Å². The Morgan fingerprint density at radius 2 is 2.11 bits per heavy atom. The molecule has 4 rings (SSSR count). The van der Waals surface area contributed by atoms with Crippen molar-refractivity contribution >= 4 is 17.3 Å². The molecule has 0 radical (unpaired) electrons. The standard InChI is InChI=1S/C20H21N3O3S/c1-13(19-22-18(23-26-19)15-8-6-10-21-12-15)25-20(24)17-11-14-7-4-2-3-5-9-16(14)27-17/h6,8,10-13H,2-5,7,9H2,1H3/t13-/m1/s1. The Balaban J connectivity index is 1.45. The van der Waals surface area contributed by atoms with E-state index in [-0.39, 0.29) is 11.9 Å². The smallest absolute Gasteiger partial charge is 0.349 e. The molecule has 0 aliphatic heterocycles. The fraction of sp³-hybridized carbons (Fsp3) is 0.400. The van der Waals surface area contributed by atoms with E-state index < -0.39 is 6.10 Å². The third-order valence-corrected chi connectivity index (χ3v) is 5.91. The molecule has 0 aromatic carbocycles. The first-order chi connectivity index (χ1) is 13.2. The average Bonchev–Trinajstić information content (AvgIpc) is 3.30. The second-order valence-electron chi connectivity index (χ2n) is 6.72. The maximum Gasteiger partial charge on any atom is 0.349 e. The maximum absolute atomic E-state index is 12.6. The van der Waals surface area contributed by atoms with Gasteiger partial charge in [0.15, 0.2) is 6.10 Å². The van der Waals surface area contributed by atoms with E-state index in [0.717, 1.165) is 18.4 Å². The van der Waals surface area contributed by atoms with Gasteiger partial charge < -0.3 is 9.26 Å². The van der Waals surface area contributed by atoms with Gasteiger partial charge in [0.1, 0.15) is 4.88 Å². The normalized spacial score (nSPS) is 15.4. The molecule has 3 aromatic rings. The lowest BCUT2D eigenvalue weighted by atomic mass is 10.00. The maximum atomic E-state index is 12.6. The number of carbonyl (C=O) groups excluding carboxylic acids is 1. The highest BCUT2D eigenvalue weighted by Gasteiger charge is 2.23. The van der Waals surface area contributed by atoms with Gasteiger partial charge in [-0.3, -0.25) is 4.98 Å². The molecule has 0 saturated heterocycles. The average molecular weight is 383 g/mol. The van der Waals surface area contributed by atoms with Gasteiger partial charge in [-0.25, -0.2) is 4.79 Å². The summed E-state index contributed by atoms with van der Waals surface area (Å²) in [7, 11) is 0. The fourth-order valence-corrected chi connectivity index (χ4v) is 4.36. The van der Waals surface area contributed by atoms with Gasteiger partial charge in [-0.1, -0.05) is 18.0 Å². The Morgan fingerprint density at radius 1 is 1.26 bits per heavy atom. The van der Waals surface area contributed by atoms with Crippen LogP contribution in [-0.4, -0.2) is 21.1 Å². The summed E-state index contributed by atoms with van der Waals surface area (Å²) in [5.41, 5.74) is 2.06. The van der Waals surface area contributed by atoms with Gasteiger partial charge in [0.2, 0.25) is 5.82 Å². The number of hydrogen-bond acceptors (Lipinski definition) is 7. The Bertz CT molecular complexity index is 894. The number of carbonyl (C=O) groups is 1. The van der Waals surface area contributed by atoms with Gasteiger partial charge in [-0.05, 0) is 56.4 Å². The molecular formula is C20H21N3O3S. The molecule has 1 atom stereocenters. The van der Waals surface area contributed by atoms with Crippen molar-refractivity contribution in [1.82, 2.24) is 15.1 Å². The van der Waals surface area contributed by atoms with Gasteiger partial charge in [0.25, 0.3) is 5.89 Å². The van der Waals surface area contributed by atoms with Crippen molar-refractivity contribution in [1.29, 1.82) is 0 Å². The van der Waals surface area contributed by atoms with E-state index in [1.807, 2.05) is 12.1 Å². The quantitative estimate of drug-likeness (QED) is 0.604. The highest BCUT2D eigenvalue weighted by atomic mass is 32.1. The molecule has 0 spiro atoms. The van der Waals surface area contributed by atoms with Crippen LogP contribution in [0.5, 0.6) is 0 Å². The highest BCUT2D eigenvalue weighted by Crippen LogP contribution is 2.30. The van der Waals surface area contributed by atoms with Crippen molar-refractivity contribution in [3.05, 3.63) is 51.8 Å². The molecule has 0 saturated carbocycles. The van der Waals surface area contributed by atoms with Crippen molar-refractivity contribution in [2.45, 2.75) is 51.6 Å². The molecule has 0 N–H and O–H groups in total. The number of ether oxygens (including phenoxy) is 1. The predicted octanol–water partition coefficient (Wildman–Crippen LogP) is 4.77. The van der Waals surface area contributed by atoms with Crippen molar-refractivity contribution < 1.29 is 14.1 Å². The topological polar surface area (TPSA) is 78.1 Å². The van der Waals surface area contributed by atoms with Crippen LogP contribution in [0.1, 0.15) is 64.7 Å². The summed E-state index contributed by atoms with van der Waals surface area (Å²) in [6.45, 7) is 1.74.